The number of nitrogens with one attached hydrogen (secondary N) is 1. The summed E-state index contributed by atoms with van der Waals surface area (Å²) in [5.74, 6) is -5.75. The Balaban J connectivity index is 2.25. The smallest absolute Gasteiger partial charge is 0.217 e. The highest BCUT2D eigenvalue weighted by atomic mass is 79.9. The maximum Gasteiger partial charge on any atom is 0.217 e. The zero-order chi connectivity index (χ0) is 20.8. The maximum atomic E-state index is 15.0. The van der Waals surface area contributed by atoms with Crippen molar-refractivity contribution in [1.82, 2.24) is 15.2 Å². The molecule has 0 radical (unpaired) electrons. The van der Waals surface area contributed by atoms with Gasteiger partial charge in [-0.05, 0) is 28.4 Å². The van der Waals surface area contributed by atoms with E-state index in [0.717, 1.165) is 0 Å². The molecule has 0 fully saturated rings. The second-order valence-corrected chi connectivity index (χ2v) is 8.54. The van der Waals surface area contributed by atoms with Crippen LogP contribution in [0.25, 0.3) is 11.0 Å². The first kappa shape index (κ1) is 20.4. The molecule has 2 heterocycles. The van der Waals surface area contributed by atoms with Crippen LogP contribution in [0.2, 0.25) is 0 Å². The van der Waals surface area contributed by atoms with Crippen LogP contribution in [0.1, 0.15) is 40.2 Å². The zero-order valence-corrected chi connectivity index (χ0v) is 16.5. The summed E-state index contributed by atoms with van der Waals surface area (Å²) in [6.07, 6.45) is 1.13. The molecule has 28 heavy (non-hydrogen) atoms. The van der Waals surface area contributed by atoms with Gasteiger partial charge in [0.2, 0.25) is 15.8 Å². The Morgan fingerprint density at radius 1 is 1.29 bits per heavy atom. The Morgan fingerprint density at radius 3 is 2.57 bits per heavy atom. The minimum atomic E-state index is -4.41. The van der Waals surface area contributed by atoms with E-state index in [0.29, 0.717) is 4.47 Å². The van der Waals surface area contributed by atoms with E-state index in [-0.39, 0.29) is 29.2 Å². The molecular formula is C16H12BrF3N4O3S. The molecule has 1 atom stereocenters. The van der Waals surface area contributed by atoms with Crippen LogP contribution >= 0.6 is 15.9 Å². The van der Waals surface area contributed by atoms with Crippen molar-refractivity contribution in [2.45, 2.75) is 18.6 Å². The van der Waals surface area contributed by atoms with E-state index in [1.165, 1.54) is 19.2 Å². The molecule has 148 valence electrons. The summed E-state index contributed by atoms with van der Waals surface area (Å²) < 4.78 is 67.5. The first-order valence-electron chi connectivity index (χ1n) is 7.79. The first-order valence-corrected chi connectivity index (χ1v) is 10.2. The van der Waals surface area contributed by atoms with Crippen molar-refractivity contribution in [1.29, 1.82) is 0 Å². The van der Waals surface area contributed by atoms with Crippen LogP contribution < -0.4 is 5.14 Å². The number of carbonyl (C=O) groups is 1. The highest BCUT2D eigenvalue weighted by Crippen LogP contribution is 2.33. The molecule has 0 amide bonds. The predicted octanol–water partition coefficient (Wildman–Crippen LogP) is 3.11. The van der Waals surface area contributed by atoms with Crippen LogP contribution in [0, 0.1) is 17.5 Å². The molecule has 0 bridgehead atoms. The van der Waals surface area contributed by atoms with Crippen molar-refractivity contribution in [3.63, 3.8) is 0 Å². The Labute approximate surface area is 165 Å². The summed E-state index contributed by atoms with van der Waals surface area (Å²) >= 11 is 3.16. The van der Waals surface area contributed by atoms with E-state index in [9.17, 15) is 22.0 Å². The predicted molar refractivity (Wildman–Crippen MR) is 97.5 cm³/mol. The molecule has 0 spiro atoms. The Kier molecular flexibility index (Phi) is 5.30. The number of benzene rings is 1. The number of H-pyrrole nitrogens is 1. The molecule has 3 N–H and O–H groups in total. The monoisotopic (exact) mass is 476 g/mol. The van der Waals surface area contributed by atoms with Crippen molar-refractivity contribution in [2.24, 2.45) is 5.14 Å². The molecule has 2 aromatic heterocycles. The van der Waals surface area contributed by atoms with Gasteiger partial charge in [-0.3, -0.25) is 9.89 Å². The van der Waals surface area contributed by atoms with Crippen molar-refractivity contribution in [2.75, 3.05) is 0 Å². The number of ketones is 1. The summed E-state index contributed by atoms with van der Waals surface area (Å²) in [4.78, 5) is 16.7. The quantitative estimate of drug-likeness (QED) is 0.548. The van der Waals surface area contributed by atoms with Gasteiger partial charge < -0.3 is 0 Å². The molecule has 0 saturated heterocycles. The lowest BCUT2D eigenvalue weighted by Crippen LogP contribution is -2.24. The molecule has 3 rings (SSSR count). The largest absolute Gasteiger partial charge is 0.287 e. The number of pyridine rings is 1. The average Bonchev–Trinajstić information content (AvgIpc) is 2.99. The van der Waals surface area contributed by atoms with Gasteiger partial charge in [-0.15, -0.1) is 0 Å². The number of carbonyl (C=O) groups excluding carboxylic acids is 1. The van der Waals surface area contributed by atoms with E-state index >= 15 is 4.39 Å². The highest BCUT2D eigenvalue weighted by Gasteiger charge is 2.34. The summed E-state index contributed by atoms with van der Waals surface area (Å²) in [6.45, 7) is 1.34. The number of hydrogen-bond acceptors (Lipinski definition) is 5. The van der Waals surface area contributed by atoms with Gasteiger partial charge in [0.05, 0.1) is 10.9 Å². The number of aromatic nitrogens is 3. The lowest BCUT2D eigenvalue weighted by molar-refractivity contribution is 0.102. The Bertz CT molecular complexity index is 1210. The number of aromatic amines is 1. The molecular weight excluding hydrogens is 465 g/mol. The molecule has 3 aromatic rings. The van der Waals surface area contributed by atoms with Crippen LogP contribution in [-0.2, 0) is 10.0 Å². The number of primary sulfonamides is 1. The third-order valence-corrected chi connectivity index (χ3v) is 5.92. The number of fused-ring (bicyclic) bond motifs is 1. The second kappa shape index (κ2) is 7.26. The highest BCUT2D eigenvalue weighted by molar-refractivity contribution is 9.10. The average molecular weight is 477 g/mol. The van der Waals surface area contributed by atoms with E-state index in [4.69, 9.17) is 5.14 Å². The zero-order valence-electron chi connectivity index (χ0n) is 14.1. The van der Waals surface area contributed by atoms with Crippen LogP contribution in [0.3, 0.4) is 0 Å². The molecule has 1 aromatic carbocycles. The van der Waals surface area contributed by atoms with Crippen molar-refractivity contribution >= 4 is 42.8 Å². The van der Waals surface area contributed by atoms with Gasteiger partial charge in [0, 0.05) is 22.3 Å². The van der Waals surface area contributed by atoms with Crippen molar-refractivity contribution in [3.8, 4) is 0 Å². The fraction of sp³-hybridized carbons (Fsp3) is 0.188. The van der Waals surface area contributed by atoms with E-state index in [2.05, 4.69) is 31.1 Å². The molecule has 0 aliphatic carbocycles. The van der Waals surface area contributed by atoms with E-state index in [1.807, 2.05) is 0 Å². The van der Waals surface area contributed by atoms with Gasteiger partial charge in [-0.25, -0.2) is 31.7 Å². The van der Waals surface area contributed by atoms with Gasteiger partial charge in [-0.2, -0.15) is 5.10 Å². The number of hydrogen-bond donors (Lipinski definition) is 2. The summed E-state index contributed by atoms with van der Waals surface area (Å²) in [5, 5.41) is 9.56. The van der Waals surface area contributed by atoms with Crippen LogP contribution in [0.4, 0.5) is 13.2 Å². The minimum absolute atomic E-state index is 0.116. The third kappa shape index (κ3) is 3.42. The molecule has 0 saturated carbocycles. The number of rotatable bonds is 5. The number of nitrogens with zero attached hydrogens (tertiary/aromatic N) is 2. The standard InChI is InChI=1S/C16H12BrF3N4O3S/c1-2-10(28(21,26)27)11-8(18)4-9(19)12(13(11)20)15(25)14-7-3-6(17)5-22-16(7)24-23-14/h3-5,10H,2H2,1H3,(H2,21,26,27)(H,22,23,24). The fourth-order valence-corrected chi connectivity index (χ4v) is 4.22. The second-order valence-electron chi connectivity index (χ2n) is 5.88. The molecule has 1 unspecified atom stereocenters. The SMILES string of the molecule is CCC(c1c(F)cc(F)c(C(=O)c2[nH]nc3ncc(Br)cc23)c1F)S(N)(=O)=O. The van der Waals surface area contributed by atoms with Gasteiger partial charge in [0.1, 0.15) is 28.4 Å². The normalized spacial score (nSPS) is 13.1. The minimum Gasteiger partial charge on any atom is -0.287 e. The topological polar surface area (TPSA) is 119 Å². The van der Waals surface area contributed by atoms with Crippen LogP contribution in [-0.4, -0.2) is 29.4 Å². The van der Waals surface area contributed by atoms with Crippen LogP contribution in [0.5, 0.6) is 0 Å². The van der Waals surface area contributed by atoms with Gasteiger partial charge >= 0.3 is 0 Å². The lowest BCUT2D eigenvalue weighted by atomic mass is 9.99. The van der Waals surface area contributed by atoms with E-state index < -0.39 is 49.6 Å². The Hall–Kier alpha value is -2.31. The lowest BCUT2D eigenvalue weighted by Gasteiger charge is -2.17. The maximum absolute atomic E-state index is 15.0. The molecule has 7 nitrogen and oxygen atoms in total. The summed E-state index contributed by atoms with van der Waals surface area (Å²) in [5.41, 5.74) is -2.28. The van der Waals surface area contributed by atoms with Gasteiger partial charge in [0.25, 0.3) is 0 Å². The Morgan fingerprint density at radius 2 is 1.96 bits per heavy atom. The van der Waals surface area contributed by atoms with Gasteiger partial charge in [-0.1, -0.05) is 6.92 Å². The number of halogens is 4. The molecule has 0 aliphatic heterocycles. The summed E-state index contributed by atoms with van der Waals surface area (Å²) in [6, 6.07) is 1.71. The third-order valence-electron chi connectivity index (χ3n) is 4.13. The first-order chi connectivity index (χ1) is 13.1. The fourth-order valence-electron chi connectivity index (χ4n) is 2.88. The molecule has 0 aliphatic rings. The van der Waals surface area contributed by atoms with Crippen molar-refractivity contribution < 1.29 is 26.4 Å². The van der Waals surface area contributed by atoms with Gasteiger partial charge in [0.15, 0.2) is 5.65 Å². The molecule has 12 heteroatoms. The van der Waals surface area contributed by atoms with Crippen LogP contribution in [0.15, 0.2) is 22.8 Å². The number of sulfonamides is 1. The summed E-state index contributed by atoms with van der Waals surface area (Å²) in [7, 11) is -4.41. The number of nitrogens with two attached hydrogens (primary N) is 1. The van der Waals surface area contributed by atoms with E-state index in [1.54, 1.807) is 0 Å². The van der Waals surface area contributed by atoms with Crippen molar-refractivity contribution in [3.05, 3.63) is 57.1 Å².